The Labute approximate surface area is 173 Å². The molecule has 0 fully saturated rings. The summed E-state index contributed by atoms with van der Waals surface area (Å²) >= 11 is 1.40. The predicted octanol–water partition coefficient (Wildman–Crippen LogP) is 6.04. The lowest BCUT2D eigenvalue weighted by atomic mass is 10.00. The number of hydrogen-bond donors (Lipinski definition) is 1. The highest BCUT2D eigenvalue weighted by Gasteiger charge is 2.15. The topological polar surface area (TPSA) is 66.0 Å². The fourth-order valence-corrected chi connectivity index (χ4v) is 3.91. The van der Waals surface area contributed by atoms with Gasteiger partial charge in [-0.3, -0.25) is 4.79 Å². The molecule has 0 saturated heterocycles. The molecule has 0 aliphatic rings. The first-order valence-corrected chi connectivity index (χ1v) is 10.1. The van der Waals surface area contributed by atoms with Crippen molar-refractivity contribution in [3.8, 4) is 28.5 Å². The van der Waals surface area contributed by atoms with Crippen LogP contribution in [-0.2, 0) is 0 Å². The van der Waals surface area contributed by atoms with Crippen LogP contribution in [-0.4, -0.2) is 5.91 Å². The van der Waals surface area contributed by atoms with Crippen molar-refractivity contribution in [1.29, 1.82) is 5.26 Å². The summed E-state index contributed by atoms with van der Waals surface area (Å²) in [5.41, 5.74) is 4.59. The minimum absolute atomic E-state index is 0.105. The molecule has 4 nitrogen and oxygen atoms in total. The molecule has 2 aromatic carbocycles. The van der Waals surface area contributed by atoms with Crippen LogP contribution in [0.2, 0.25) is 0 Å². The Kier molecular flexibility index (Phi) is 5.28. The number of hydrogen-bond acceptors (Lipinski definition) is 4. The van der Waals surface area contributed by atoms with Gasteiger partial charge in [0.05, 0.1) is 28.8 Å². The number of rotatable bonds is 5. The molecule has 1 atom stereocenters. The summed E-state index contributed by atoms with van der Waals surface area (Å²) in [7, 11) is 0. The lowest BCUT2D eigenvalue weighted by molar-refractivity contribution is 0.0944. The van der Waals surface area contributed by atoms with Gasteiger partial charge in [0, 0.05) is 10.9 Å². The van der Waals surface area contributed by atoms with Gasteiger partial charge in [-0.1, -0.05) is 36.4 Å². The first kappa shape index (κ1) is 18.7. The molecule has 2 heterocycles. The van der Waals surface area contributed by atoms with E-state index in [0.29, 0.717) is 10.4 Å². The number of nitrogens with one attached hydrogen (secondary N) is 1. The van der Waals surface area contributed by atoms with Crippen molar-refractivity contribution in [3.63, 3.8) is 0 Å². The van der Waals surface area contributed by atoms with E-state index in [4.69, 9.17) is 9.68 Å². The summed E-state index contributed by atoms with van der Waals surface area (Å²) in [4.78, 5) is 13.3. The molecular formula is C24H18N2O2S. The Balaban J connectivity index is 1.45. The van der Waals surface area contributed by atoms with Gasteiger partial charge >= 0.3 is 0 Å². The first-order chi connectivity index (χ1) is 14.1. The third kappa shape index (κ3) is 4.13. The Morgan fingerprint density at radius 2 is 1.86 bits per heavy atom. The second kappa shape index (κ2) is 8.17. The van der Waals surface area contributed by atoms with Gasteiger partial charge in [-0.05, 0) is 53.9 Å². The Morgan fingerprint density at radius 3 is 2.59 bits per heavy atom. The molecule has 1 unspecified atom stereocenters. The molecule has 4 aromatic rings. The third-order valence-corrected chi connectivity index (χ3v) is 5.64. The maximum atomic E-state index is 12.6. The number of amides is 1. The molecule has 5 heteroatoms. The van der Waals surface area contributed by atoms with Crippen LogP contribution in [0.4, 0.5) is 0 Å². The minimum atomic E-state index is -0.129. The third-order valence-electron chi connectivity index (χ3n) is 4.71. The fourth-order valence-electron chi connectivity index (χ4n) is 3.11. The minimum Gasteiger partial charge on any atom is -0.464 e. The van der Waals surface area contributed by atoms with Gasteiger partial charge < -0.3 is 9.73 Å². The van der Waals surface area contributed by atoms with E-state index >= 15 is 0 Å². The Morgan fingerprint density at radius 1 is 1.03 bits per heavy atom. The normalized spacial score (nSPS) is 11.6. The van der Waals surface area contributed by atoms with Gasteiger partial charge in [-0.25, -0.2) is 0 Å². The highest BCUT2D eigenvalue weighted by Crippen LogP contribution is 2.27. The van der Waals surface area contributed by atoms with E-state index in [-0.39, 0.29) is 11.9 Å². The number of nitrogens with zero attached hydrogens (tertiary/aromatic N) is 1. The number of furan rings is 1. The molecule has 29 heavy (non-hydrogen) atoms. The summed E-state index contributed by atoms with van der Waals surface area (Å²) < 4.78 is 5.38. The van der Waals surface area contributed by atoms with E-state index < -0.39 is 0 Å². The highest BCUT2D eigenvalue weighted by atomic mass is 32.1. The average molecular weight is 398 g/mol. The maximum absolute atomic E-state index is 12.6. The average Bonchev–Trinajstić information content (AvgIpc) is 3.45. The van der Waals surface area contributed by atoms with Crippen LogP contribution < -0.4 is 5.32 Å². The van der Waals surface area contributed by atoms with Crippen LogP contribution in [0.15, 0.2) is 82.8 Å². The Bertz CT molecular complexity index is 1170. The highest BCUT2D eigenvalue weighted by molar-refractivity contribution is 7.12. The summed E-state index contributed by atoms with van der Waals surface area (Å²) in [5, 5.41) is 14.0. The van der Waals surface area contributed by atoms with Crippen LogP contribution in [0.5, 0.6) is 0 Å². The first-order valence-electron chi connectivity index (χ1n) is 9.18. The molecule has 1 amide bonds. The standard InChI is InChI=1S/C24H18N2O2S/c1-16(26-24(27)23-13-21(15-29-23)22-6-3-11-28-22)18-7-9-19(10-8-18)20-5-2-4-17(12-20)14-25/h2-13,15-16H,1H3,(H,26,27). The number of benzene rings is 2. The van der Waals surface area contributed by atoms with Gasteiger partial charge in [0.25, 0.3) is 5.91 Å². The molecule has 0 aliphatic heterocycles. The van der Waals surface area contributed by atoms with Crippen molar-refractivity contribution in [1.82, 2.24) is 5.32 Å². The fraction of sp³-hybridized carbons (Fsp3) is 0.0833. The zero-order chi connectivity index (χ0) is 20.2. The van der Waals surface area contributed by atoms with Crippen LogP contribution in [0.25, 0.3) is 22.5 Å². The second-order valence-corrected chi connectivity index (χ2v) is 7.60. The van der Waals surface area contributed by atoms with Crippen LogP contribution >= 0.6 is 11.3 Å². The van der Waals surface area contributed by atoms with E-state index in [1.165, 1.54) is 11.3 Å². The van der Waals surface area contributed by atoms with E-state index in [2.05, 4.69) is 11.4 Å². The van der Waals surface area contributed by atoms with Gasteiger partial charge in [0.1, 0.15) is 5.76 Å². The molecule has 0 radical (unpaired) electrons. The largest absolute Gasteiger partial charge is 0.464 e. The van der Waals surface area contributed by atoms with E-state index in [1.54, 1.807) is 12.3 Å². The van der Waals surface area contributed by atoms with Crippen molar-refractivity contribution in [2.45, 2.75) is 13.0 Å². The second-order valence-electron chi connectivity index (χ2n) is 6.69. The number of carbonyl (C=O) groups is 1. The van der Waals surface area contributed by atoms with Crippen molar-refractivity contribution in [2.75, 3.05) is 0 Å². The van der Waals surface area contributed by atoms with Gasteiger partial charge in [0.15, 0.2) is 0 Å². The number of nitriles is 1. The molecule has 142 valence electrons. The quantitative estimate of drug-likeness (QED) is 0.446. The van der Waals surface area contributed by atoms with E-state index in [9.17, 15) is 4.79 Å². The van der Waals surface area contributed by atoms with Crippen LogP contribution in [0.3, 0.4) is 0 Å². The SMILES string of the molecule is CC(NC(=O)c1cc(-c2ccco2)cs1)c1ccc(-c2cccc(C#N)c2)cc1. The van der Waals surface area contributed by atoms with Crippen molar-refractivity contribution >= 4 is 17.2 Å². The van der Waals surface area contributed by atoms with Crippen molar-refractivity contribution in [3.05, 3.63) is 94.4 Å². The Hall–Kier alpha value is -3.62. The lowest BCUT2D eigenvalue weighted by Gasteiger charge is -2.14. The van der Waals surface area contributed by atoms with Crippen LogP contribution in [0.1, 0.15) is 33.8 Å². The number of carbonyl (C=O) groups excluding carboxylic acids is 1. The molecule has 1 N–H and O–H groups in total. The molecule has 0 spiro atoms. The zero-order valence-electron chi connectivity index (χ0n) is 15.8. The number of thiophene rings is 1. The van der Waals surface area contributed by atoms with Gasteiger partial charge in [0.2, 0.25) is 0 Å². The van der Waals surface area contributed by atoms with E-state index in [0.717, 1.165) is 28.0 Å². The molecule has 0 bridgehead atoms. The lowest BCUT2D eigenvalue weighted by Crippen LogP contribution is -2.25. The summed E-state index contributed by atoms with van der Waals surface area (Å²) in [5.74, 6) is 0.649. The van der Waals surface area contributed by atoms with Crippen molar-refractivity contribution < 1.29 is 9.21 Å². The summed E-state index contributed by atoms with van der Waals surface area (Å²) in [6, 6.07) is 23.1. The summed E-state index contributed by atoms with van der Waals surface area (Å²) in [6.45, 7) is 1.96. The van der Waals surface area contributed by atoms with E-state index in [1.807, 2.05) is 73.0 Å². The van der Waals surface area contributed by atoms with Crippen molar-refractivity contribution in [2.24, 2.45) is 0 Å². The smallest absolute Gasteiger partial charge is 0.261 e. The molecular weight excluding hydrogens is 380 g/mol. The van der Waals surface area contributed by atoms with Gasteiger partial charge in [-0.2, -0.15) is 5.26 Å². The van der Waals surface area contributed by atoms with Crippen LogP contribution in [0, 0.1) is 11.3 Å². The zero-order valence-corrected chi connectivity index (χ0v) is 16.6. The maximum Gasteiger partial charge on any atom is 0.261 e. The molecule has 0 aliphatic carbocycles. The molecule has 0 saturated carbocycles. The summed E-state index contributed by atoms with van der Waals surface area (Å²) in [6.07, 6.45) is 1.62. The molecule has 4 rings (SSSR count). The molecule has 2 aromatic heterocycles. The predicted molar refractivity (Wildman–Crippen MR) is 114 cm³/mol. The monoisotopic (exact) mass is 398 g/mol. The van der Waals surface area contributed by atoms with Gasteiger partial charge in [-0.15, -0.1) is 11.3 Å².